The zero-order valence-corrected chi connectivity index (χ0v) is 10.9. The summed E-state index contributed by atoms with van der Waals surface area (Å²) < 4.78 is 2.00. The monoisotopic (exact) mass is 260 g/mol. The van der Waals surface area contributed by atoms with Crippen molar-refractivity contribution in [3.63, 3.8) is 0 Å². The van der Waals surface area contributed by atoms with Crippen LogP contribution < -0.4 is 0 Å². The summed E-state index contributed by atoms with van der Waals surface area (Å²) in [5.74, 6) is 0.567. The number of aliphatic imine (C=N–C) groups is 1. The van der Waals surface area contributed by atoms with Gasteiger partial charge in [-0.3, -0.25) is 0 Å². The number of imidazole rings is 1. The number of fused-ring (bicyclic) bond motifs is 1. The first kappa shape index (κ1) is 12.0. The molecule has 0 unspecified atom stereocenters. The molecule has 0 spiro atoms. The Hall–Kier alpha value is -2.02. The Bertz CT molecular complexity index is 614. The summed E-state index contributed by atoms with van der Waals surface area (Å²) in [6.45, 7) is 0. The molecule has 7 heteroatoms. The Kier molecular flexibility index (Phi) is 2.90. The summed E-state index contributed by atoms with van der Waals surface area (Å²) in [5.41, 5.74) is 1.47. The van der Waals surface area contributed by atoms with Crippen LogP contribution in [-0.2, 0) is 0 Å². The molecule has 0 saturated heterocycles. The van der Waals surface area contributed by atoms with Crippen molar-refractivity contribution < 1.29 is 5.11 Å². The molecule has 7 nitrogen and oxygen atoms in total. The molecule has 0 bridgehead atoms. The molecule has 0 aromatic carbocycles. The zero-order valence-electron chi connectivity index (χ0n) is 10.9. The Labute approximate surface area is 110 Å². The van der Waals surface area contributed by atoms with Crippen LogP contribution in [0.25, 0.3) is 11.2 Å². The van der Waals surface area contributed by atoms with E-state index in [4.69, 9.17) is 0 Å². The molecular weight excluding hydrogens is 244 g/mol. The third-order valence-corrected chi connectivity index (χ3v) is 3.23. The Morgan fingerprint density at radius 1 is 1.37 bits per heavy atom. The number of nitrogens with zero attached hydrogens (tertiary/aromatic N) is 6. The van der Waals surface area contributed by atoms with Gasteiger partial charge in [-0.2, -0.15) is 0 Å². The lowest BCUT2D eigenvalue weighted by Gasteiger charge is -2.32. The molecular formula is C12H16N6O. The van der Waals surface area contributed by atoms with Gasteiger partial charge in [-0.25, -0.2) is 19.9 Å². The SMILES string of the molecule is CN(C)/C=N/c1ncnc2c1ncn2C1CC(O)C1. The highest BCUT2D eigenvalue weighted by atomic mass is 16.3. The van der Waals surface area contributed by atoms with Gasteiger partial charge < -0.3 is 14.6 Å². The topological polar surface area (TPSA) is 79.4 Å². The van der Waals surface area contributed by atoms with Crippen molar-refractivity contribution in [2.24, 2.45) is 4.99 Å². The predicted molar refractivity (Wildman–Crippen MR) is 71.4 cm³/mol. The Morgan fingerprint density at radius 2 is 2.16 bits per heavy atom. The molecule has 0 aliphatic heterocycles. The van der Waals surface area contributed by atoms with Crippen LogP contribution in [0.4, 0.5) is 5.82 Å². The molecule has 1 saturated carbocycles. The van der Waals surface area contributed by atoms with E-state index < -0.39 is 0 Å². The summed E-state index contributed by atoms with van der Waals surface area (Å²) >= 11 is 0. The highest BCUT2D eigenvalue weighted by Crippen LogP contribution is 2.34. The maximum Gasteiger partial charge on any atom is 0.184 e. The Balaban J connectivity index is 1.98. The van der Waals surface area contributed by atoms with Gasteiger partial charge in [0.25, 0.3) is 0 Å². The molecule has 0 atom stereocenters. The molecule has 3 rings (SSSR count). The second-order valence-electron chi connectivity index (χ2n) is 5.01. The van der Waals surface area contributed by atoms with Crippen LogP contribution >= 0.6 is 0 Å². The molecule has 1 fully saturated rings. The van der Waals surface area contributed by atoms with Crippen LogP contribution in [0.5, 0.6) is 0 Å². The average molecular weight is 260 g/mol. The average Bonchev–Trinajstić information content (AvgIpc) is 2.76. The van der Waals surface area contributed by atoms with Crippen molar-refractivity contribution in [2.45, 2.75) is 25.0 Å². The molecule has 100 valence electrons. The van der Waals surface area contributed by atoms with Crippen LogP contribution in [0.1, 0.15) is 18.9 Å². The third kappa shape index (κ3) is 2.17. The van der Waals surface area contributed by atoms with Crippen molar-refractivity contribution in [1.82, 2.24) is 24.4 Å². The lowest BCUT2D eigenvalue weighted by molar-refractivity contribution is 0.0499. The van der Waals surface area contributed by atoms with Crippen molar-refractivity contribution >= 4 is 23.3 Å². The van der Waals surface area contributed by atoms with E-state index in [1.807, 2.05) is 23.6 Å². The minimum atomic E-state index is -0.199. The lowest BCUT2D eigenvalue weighted by atomic mass is 9.89. The maximum absolute atomic E-state index is 9.39. The maximum atomic E-state index is 9.39. The second-order valence-corrected chi connectivity index (χ2v) is 5.01. The van der Waals surface area contributed by atoms with E-state index in [1.165, 1.54) is 6.33 Å². The number of rotatable bonds is 3. The fourth-order valence-electron chi connectivity index (χ4n) is 2.16. The first-order valence-corrected chi connectivity index (χ1v) is 6.21. The molecule has 1 aliphatic carbocycles. The number of aliphatic hydroxyl groups excluding tert-OH is 1. The molecule has 1 N–H and O–H groups in total. The van der Waals surface area contributed by atoms with E-state index in [0.29, 0.717) is 11.3 Å². The third-order valence-electron chi connectivity index (χ3n) is 3.23. The first-order chi connectivity index (χ1) is 9.15. The predicted octanol–water partition coefficient (Wildman–Crippen LogP) is 0.743. The summed E-state index contributed by atoms with van der Waals surface area (Å²) in [6.07, 6.45) is 6.25. The minimum Gasteiger partial charge on any atom is -0.393 e. The number of hydrogen-bond donors (Lipinski definition) is 1. The summed E-state index contributed by atoms with van der Waals surface area (Å²) in [5, 5.41) is 9.39. The van der Waals surface area contributed by atoms with Gasteiger partial charge in [0.05, 0.1) is 18.8 Å². The van der Waals surface area contributed by atoms with E-state index in [2.05, 4.69) is 19.9 Å². The fourth-order valence-corrected chi connectivity index (χ4v) is 2.16. The van der Waals surface area contributed by atoms with Gasteiger partial charge in [0, 0.05) is 20.1 Å². The van der Waals surface area contributed by atoms with Gasteiger partial charge in [0.15, 0.2) is 17.0 Å². The first-order valence-electron chi connectivity index (χ1n) is 6.21. The van der Waals surface area contributed by atoms with E-state index >= 15 is 0 Å². The number of aliphatic hydroxyl groups is 1. The van der Waals surface area contributed by atoms with Gasteiger partial charge in [0.1, 0.15) is 6.33 Å². The smallest absolute Gasteiger partial charge is 0.184 e. The minimum absolute atomic E-state index is 0.199. The second kappa shape index (κ2) is 4.58. The standard InChI is InChI=1S/C12H16N6O/c1-17(2)6-16-11-10-12(14-5-13-11)18(7-15-10)8-3-9(19)4-8/h5-9,19H,3-4H2,1-2H3/b16-6+. The zero-order chi connectivity index (χ0) is 13.4. The van der Waals surface area contributed by atoms with Crippen LogP contribution in [0, 0.1) is 0 Å². The highest BCUT2D eigenvalue weighted by molar-refractivity contribution is 5.82. The van der Waals surface area contributed by atoms with Gasteiger partial charge in [-0.15, -0.1) is 0 Å². The van der Waals surface area contributed by atoms with E-state index in [1.54, 1.807) is 12.7 Å². The Morgan fingerprint density at radius 3 is 2.84 bits per heavy atom. The summed E-state index contributed by atoms with van der Waals surface area (Å²) in [6, 6.07) is 0.278. The summed E-state index contributed by atoms with van der Waals surface area (Å²) in [4.78, 5) is 18.9. The van der Waals surface area contributed by atoms with E-state index in [0.717, 1.165) is 18.5 Å². The van der Waals surface area contributed by atoms with Crippen molar-refractivity contribution in [1.29, 1.82) is 0 Å². The quantitative estimate of drug-likeness (QED) is 0.650. The summed E-state index contributed by atoms with van der Waals surface area (Å²) in [7, 11) is 3.80. The van der Waals surface area contributed by atoms with Gasteiger partial charge in [0.2, 0.25) is 0 Å². The van der Waals surface area contributed by atoms with Crippen LogP contribution in [-0.4, -0.2) is 56.1 Å². The number of hydrogen-bond acceptors (Lipinski definition) is 5. The van der Waals surface area contributed by atoms with Gasteiger partial charge >= 0.3 is 0 Å². The molecule has 0 radical (unpaired) electrons. The lowest BCUT2D eigenvalue weighted by Crippen LogP contribution is -2.30. The highest BCUT2D eigenvalue weighted by Gasteiger charge is 2.30. The van der Waals surface area contributed by atoms with Crippen LogP contribution in [0.3, 0.4) is 0 Å². The normalized spacial score (nSPS) is 22.9. The van der Waals surface area contributed by atoms with Gasteiger partial charge in [-0.05, 0) is 12.8 Å². The molecule has 2 heterocycles. The fraction of sp³-hybridized carbons (Fsp3) is 0.500. The van der Waals surface area contributed by atoms with Crippen molar-refractivity contribution in [2.75, 3.05) is 14.1 Å². The number of aromatic nitrogens is 4. The molecule has 2 aromatic heterocycles. The molecule has 2 aromatic rings. The van der Waals surface area contributed by atoms with E-state index in [9.17, 15) is 5.11 Å². The van der Waals surface area contributed by atoms with Crippen LogP contribution in [0.2, 0.25) is 0 Å². The molecule has 19 heavy (non-hydrogen) atoms. The van der Waals surface area contributed by atoms with E-state index in [-0.39, 0.29) is 12.1 Å². The van der Waals surface area contributed by atoms with Crippen LogP contribution in [0.15, 0.2) is 17.6 Å². The van der Waals surface area contributed by atoms with Crippen molar-refractivity contribution in [3.8, 4) is 0 Å². The molecule has 1 aliphatic rings. The largest absolute Gasteiger partial charge is 0.393 e. The molecule has 0 amide bonds. The van der Waals surface area contributed by atoms with Crippen molar-refractivity contribution in [3.05, 3.63) is 12.7 Å². The van der Waals surface area contributed by atoms with Gasteiger partial charge in [-0.1, -0.05) is 0 Å².